The molecule has 0 spiro atoms. The van der Waals surface area contributed by atoms with Crippen molar-refractivity contribution in [2.24, 2.45) is 11.7 Å². The topological polar surface area (TPSA) is 109 Å². The number of hydrogen-bond acceptors (Lipinski definition) is 5. The third kappa shape index (κ3) is 6.28. The lowest BCUT2D eigenvalue weighted by atomic mass is 10.1. The number of rotatable bonds is 6. The van der Waals surface area contributed by atoms with Crippen molar-refractivity contribution in [3.63, 3.8) is 0 Å². The van der Waals surface area contributed by atoms with Gasteiger partial charge in [-0.3, -0.25) is 9.59 Å². The zero-order chi connectivity index (χ0) is 13.6. The van der Waals surface area contributed by atoms with E-state index < -0.39 is 24.0 Å². The molecule has 7 heteroatoms. The second-order valence-corrected chi connectivity index (χ2v) is 5.02. The molecule has 0 saturated carbocycles. The summed E-state index contributed by atoms with van der Waals surface area (Å²) in [7, 11) is 0. The third-order valence-corrected chi connectivity index (χ3v) is 3.11. The molecular weight excluding hydrogens is 244 g/mol. The van der Waals surface area contributed by atoms with Gasteiger partial charge < -0.3 is 16.2 Å². The summed E-state index contributed by atoms with van der Waals surface area (Å²) in [6.45, 7) is 4.85. The second kappa shape index (κ2) is 7.29. The van der Waals surface area contributed by atoms with Gasteiger partial charge in [-0.25, -0.2) is 4.79 Å². The average Bonchev–Trinajstić information content (AvgIpc) is 2.21. The largest absolute Gasteiger partial charge is 0.480 e. The van der Waals surface area contributed by atoms with E-state index in [2.05, 4.69) is 5.32 Å². The molecule has 0 aliphatic carbocycles. The van der Waals surface area contributed by atoms with Crippen LogP contribution in [0.2, 0.25) is 0 Å². The van der Waals surface area contributed by atoms with Crippen molar-refractivity contribution in [1.82, 2.24) is 5.32 Å². The van der Waals surface area contributed by atoms with Gasteiger partial charge in [0.15, 0.2) is 0 Å². The number of amides is 1. The van der Waals surface area contributed by atoms with Crippen LogP contribution >= 0.6 is 11.8 Å². The van der Waals surface area contributed by atoms with Gasteiger partial charge in [-0.2, -0.15) is 0 Å². The van der Waals surface area contributed by atoms with Gasteiger partial charge in [-0.05, 0) is 5.92 Å². The van der Waals surface area contributed by atoms with Gasteiger partial charge in [-0.15, -0.1) is 0 Å². The highest BCUT2D eigenvalue weighted by Gasteiger charge is 2.23. The number of carbonyl (C=O) groups is 3. The molecule has 0 aromatic carbocycles. The standard InChI is InChI=1S/C10H18N2O4S/c1-5(2)8(11)10(16)17-4-7(9(14)15)12-6(3)13/h5,7-8H,4,11H2,1-3H3,(H,12,13)(H,14,15). The summed E-state index contributed by atoms with van der Waals surface area (Å²) in [5.41, 5.74) is 5.62. The molecule has 98 valence electrons. The van der Waals surface area contributed by atoms with Gasteiger partial charge in [0, 0.05) is 12.7 Å². The molecule has 0 fully saturated rings. The van der Waals surface area contributed by atoms with E-state index in [9.17, 15) is 14.4 Å². The normalized spacial score (nSPS) is 14.2. The molecule has 0 rings (SSSR count). The molecule has 6 nitrogen and oxygen atoms in total. The fraction of sp³-hybridized carbons (Fsp3) is 0.700. The molecule has 0 heterocycles. The van der Waals surface area contributed by atoms with E-state index in [4.69, 9.17) is 10.8 Å². The Morgan fingerprint density at radius 1 is 1.35 bits per heavy atom. The number of nitrogens with one attached hydrogen (secondary N) is 1. The van der Waals surface area contributed by atoms with Crippen molar-refractivity contribution in [3.05, 3.63) is 0 Å². The van der Waals surface area contributed by atoms with E-state index in [0.29, 0.717) is 0 Å². The first-order valence-electron chi connectivity index (χ1n) is 5.17. The highest BCUT2D eigenvalue weighted by Crippen LogP contribution is 2.12. The van der Waals surface area contributed by atoms with Gasteiger partial charge in [0.05, 0.1) is 6.04 Å². The quantitative estimate of drug-likeness (QED) is 0.612. The zero-order valence-electron chi connectivity index (χ0n) is 10.1. The Bertz CT molecular complexity index is 307. The summed E-state index contributed by atoms with van der Waals surface area (Å²) >= 11 is 0.832. The van der Waals surface area contributed by atoms with Gasteiger partial charge >= 0.3 is 5.97 Å². The maximum atomic E-state index is 11.5. The molecule has 0 aliphatic rings. The molecule has 2 atom stereocenters. The van der Waals surface area contributed by atoms with Gasteiger partial charge in [0.1, 0.15) is 6.04 Å². The smallest absolute Gasteiger partial charge is 0.327 e. The molecular formula is C10H18N2O4S. The van der Waals surface area contributed by atoms with Crippen LogP contribution in [0.3, 0.4) is 0 Å². The minimum absolute atomic E-state index is 0.000885. The molecule has 17 heavy (non-hydrogen) atoms. The number of thioether (sulfide) groups is 1. The van der Waals surface area contributed by atoms with Crippen LogP contribution < -0.4 is 11.1 Å². The van der Waals surface area contributed by atoms with E-state index in [1.807, 2.05) is 13.8 Å². The lowest BCUT2D eigenvalue weighted by Crippen LogP contribution is -2.42. The SMILES string of the molecule is CC(=O)NC(CSC(=O)C(N)C(C)C)C(=O)O. The highest BCUT2D eigenvalue weighted by atomic mass is 32.2. The predicted octanol–water partition coefficient (Wildman–Crippen LogP) is -0.181. The molecule has 0 aromatic heterocycles. The molecule has 1 amide bonds. The van der Waals surface area contributed by atoms with Gasteiger partial charge in [0.2, 0.25) is 11.0 Å². The van der Waals surface area contributed by atoms with Crippen molar-refractivity contribution in [3.8, 4) is 0 Å². The van der Waals surface area contributed by atoms with Crippen LogP contribution in [-0.2, 0) is 14.4 Å². The Hall–Kier alpha value is -1.08. The lowest BCUT2D eigenvalue weighted by Gasteiger charge is -2.16. The number of carbonyl (C=O) groups excluding carboxylic acids is 2. The van der Waals surface area contributed by atoms with E-state index >= 15 is 0 Å². The molecule has 0 aliphatic heterocycles. The van der Waals surface area contributed by atoms with Gasteiger partial charge in [-0.1, -0.05) is 25.6 Å². The van der Waals surface area contributed by atoms with Crippen molar-refractivity contribution in [2.75, 3.05) is 5.75 Å². The van der Waals surface area contributed by atoms with Crippen LogP contribution in [0.15, 0.2) is 0 Å². The first kappa shape index (κ1) is 15.9. The predicted molar refractivity (Wildman–Crippen MR) is 65.5 cm³/mol. The van der Waals surface area contributed by atoms with E-state index in [1.165, 1.54) is 6.92 Å². The Kier molecular flexibility index (Phi) is 6.82. The Morgan fingerprint density at radius 2 is 1.88 bits per heavy atom. The number of carboxylic acids is 1. The van der Waals surface area contributed by atoms with E-state index in [1.54, 1.807) is 0 Å². The minimum atomic E-state index is -1.17. The second-order valence-electron chi connectivity index (χ2n) is 3.99. The molecule has 0 radical (unpaired) electrons. The fourth-order valence-electron chi connectivity index (χ4n) is 0.954. The number of hydrogen-bond donors (Lipinski definition) is 3. The molecule has 0 saturated heterocycles. The Labute approximate surface area is 104 Å². The maximum Gasteiger partial charge on any atom is 0.327 e. The monoisotopic (exact) mass is 262 g/mol. The van der Waals surface area contributed by atoms with Crippen LogP contribution in [0, 0.1) is 5.92 Å². The Morgan fingerprint density at radius 3 is 2.24 bits per heavy atom. The van der Waals surface area contributed by atoms with Crippen LogP contribution in [0.5, 0.6) is 0 Å². The van der Waals surface area contributed by atoms with Crippen molar-refractivity contribution < 1.29 is 19.5 Å². The first-order chi connectivity index (χ1) is 7.75. The minimum Gasteiger partial charge on any atom is -0.480 e. The molecule has 0 aromatic rings. The summed E-state index contributed by atoms with van der Waals surface area (Å²) < 4.78 is 0. The Balaban J connectivity index is 4.26. The average molecular weight is 262 g/mol. The van der Waals surface area contributed by atoms with Crippen molar-refractivity contribution >= 4 is 28.8 Å². The van der Waals surface area contributed by atoms with Crippen LogP contribution in [0.1, 0.15) is 20.8 Å². The van der Waals surface area contributed by atoms with Crippen LogP contribution in [-0.4, -0.2) is 39.9 Å². The summed E-state index contributed by atoms with van der Waals surface area (Å²) in [6, 6.07) is -1.69. The summed E-state index contributed by atoms with van der Waals surface area (Å²) in [5, 5.41) is 10.8. The number of carboxylic acid groups (broad SMARTS) is 1. The van der Waals surface area contributed by atoms with E-state index in [-0.39, 0.29) is 16.8 Å². The third-order valence-electron chi connectivity index (χ3n) is 2.06. The lowest BCUT2D eigenvalue weighted by molar-refractivity contribution is -0.140. The summed E-state index contributed by atoms with van der Waals surface area (Å²) in [6.07, 6.45) is 0. The summed E-state index contributed by atoms with van der Waals surface area (Å²) in [4.78, 5) is 33.1. The highest BCUT2D eigenvalue weighted by molar-refractivity contribution is 8.13. The van der Waals surface area contributed by atoms with Gasteiger partial charge in [0.25, 0.3) is 0 Å². The molecule has 4 N–H and O–H groups in total. The molecule has 2 unspecified atom stereocenters. The van der Waals surface area contributed by atoms with E-state index in [0.717, 1.165) is 11.8 Å². The van der Waals surface area contributed by atoms with Crippen LogP contribution in [0.25, 0.3) is 0 Å². The van der Waals surface area contributed by atoms with Crippen molar-refractivity contribution in [1.29, 1.82) is 0 Å². The number of nitrogens with two attached hydrogens (primary N) is 1. The van der Waals surface area contributed by atoms with Crippen molar-refractivity contribution in [2.45, 2.75) is 32.9 Å². The summed E-state index contributed by atoms with van der Waals surface area (Å²) in [5.74, 6) is -1.63. The molecule has 0 bridgehead atoms. The fourth-order valence-corrected chi connectivity index (χ4v) is 1.98. The first-order valence-corrected chi connectivity index (χ1v) is 6.16. The number of aliphatic carboxylic acids is 1. The van der Waals surface area contributed by atoms with Crippen LogP contribution in [0.4, 0.5) is 0 Å². The maximum absolute atomic E-state index is 11.5. The zero-order valence-corrected chi connectivity index (χ0v) is 10.9.